The van der Waals surface area contributed by atoms with Gasteiger partial charge in [-0.3, -0.25) is 4.79 Å². The second-order valence-electron chi connectivity index (χ2n) is 7.06. The van der Waals surface area contributed by atoms with Crippen LogP contribution in [0.1, 0.15) is 19.8 Å². The number of thiophene rings is 1. The van der Waals surface area contributed by atoms with Crippen molar-refractivity contribution < 1.29 is 22.4 Å². The van der Waals surface area contributed by atoms with Crippen LogP contribution >= 0.6 is 11.3 Å². The molecule has 10 nitrogen and oxygen atoms in total. The van der Waals surface area contributed by atoms with Crippen LogP contribution in [0.3, 0.4) is 0 Å². The van der Waals surface area contributed by atoms with Gasteiger partial charge in [-0.2, -0.15) is 8.99 Å². The Bertz CT molecular complexity index is 1260. The Hall–Kier alpha value is -2.96. The first kappa shape index (κ1) is 22.2. The first-order valence-electron chi connectivity index (χ1n) is 10.1. The minimum absolute atomic E-state index is 0.00219. The van der Waals surface area contributed by atoms with Crippen molar-refractivity contribution in [2.75, 3.05) is 25.0 Å². The van der Waals surface area contributed by atoms with Gasteiger partial charge in [0.1, 0.15) is 17.2 Å². The van der Waals surface area contributed by atoms with E-state index in [1.165, 1.54) is 27.8 Å². The number of ether oxygens (including phenoxy) is 1. The molecule has 0 bridgehead atoms. The third-order valence-corrected chi connectivity index (χ3v) is 7.62. The van der Waals surface area contributed by atoms with Gasteiger partial charge in [0.2, 0.25) is 15.9 Å². The molecule has 0 atom stereocenters. The largest absolute Gasteiger partial charge is 0.492 e. The van der Waals surface area contributed by atoms with Gasteiger partial charge in [0.25, 0.3) is 5.89 Å². The Kier molecular flexibility index (Phi) is 6.44. The number of carbonyl (C=O) groups is 1. The summed E-state index contributed by atoms with van der Waals surface area (Å²) in [6.45, 7) is 2.59. The highest BCUT2D eigenvalue weighted by Crippen LogP contribution is 2.31. The molecule has 0 saturated carbocycles. The number of aromatic nitrogens is 2. The first-order valence-corrected chi connectivity index (χ1v) is 12.4. The smallest absolute Gasteiger partial charge is 0.437 e. The highest BCUT2D eigenvalue weighted by Gasteiger charge is 2.30. The number of carbonyl (C=O) groups excluding carboxylic acids is 1. The summed E-state index contributed by atoms with van der Waals surface area (Å²) in [5, 5.41) is 8.48. The number of hydrogen-bond acceptors (Lipinski definition) is 8. The zero-order valence-corrected chi connectivity index (χ0v) is 18.9. The van der Waals surface area contributed by atoms with E-state index in [-0.39, 0.29) is 28.8 Å². The molecule has 3 aromatic rings. The Labute approximate surface area is 188 Å². The SMILES string of the molecule is CCOc1ccc(NC(=O)Cn2nc(-c3cccs3)oc2=O)cc1S(=O)(=O)N1CCCC1. The van der Waals surface area contributed by atoms with Gasteiger partial charge in [0.05, 0.1) is 11.5 Å². The van der Waals surface area contributed by atoms with Crippen molar-refractivity contribution in [1.29, 1.82) is 0 Å². The third kappa shape index (κ3) is 4.61. The van der Waals surface area contributed by atoms with Gasteiger partial charge in [-0.05, 0) is 49.4 Å². The zero-order valence-electron chi connectivity index (χ0n) is 17.3. The number of sulfonamides is 1. The van der Waals surface area contributed by atoms with Crippen molar-refractivity contribution in [1.82, 2.24) is 14.1 Å². The molecule has 1 aliphatic rings. The minimum atomic E-state index is -3.76. The van der Waals surface area contributed by atoms with Crippen molar-refractivity contribution in [3.05, 3.63) is 46.3 Å². The minimum Gasteiger partial charge on any atom is -0.492 e. The average Bonchev–Trinajstić information content (AvgIpc) is 3.52. The van der Waals surface area contributed by atoms with E-state index in [9.17, 15) is 18.0 Å². The summed E-state index contributed by atoms with van der Waals surface area (Å²) in [6.07, 6.45) is 1.61. The van der Waals surface area contributed by atoms with Crippen molar-refractivity contribution >= 4 is 33.0 Å². The summed E-state index contributed by atoms with van der Waals surface area (Å²) < 4.78 is 39.1. The van der Waals surface area contributed by atoms with E-state index in [2.05, 4.69) is 10.4 Å². The van der Waals surface area contributed by atoms with Gasteiger partial charge in [-0.15, -0.1) is 16.4 Å². The Morgan fingerprint density at radius 2 is 2.06 bits per heavy atom. The molecule has 0 spiro atoms. The molecule has 0 aliphatic carbocycles. The van der Waals surface area contributed by atoms with Crippen LogP contribution in [0.15, 0.2) is 49.8 Å². The predicted octanol–water partition coefficient (Wildman–Crippen LogP) is 2.39. The van der Waals surface area contributed by atoms with Gasteiger partial charge >= 0.3 is 5.76 Å². The maximum atomic E-state index is 13.1. The third-order valence-electron chi connectivity index (χ3n) is 4.84. The summed E-state index contributed by atoms with van der Waals surface area (Å²) in [5.41, 5.74) is 0.270. The van der Waals surface area contributed by atoms with E-state index in [0.717, 1.165) is 17.5 Å². The molecule has 1 aromatic carbocycles. The van der Waals surface area contributed by atoms with Gasteiger partial charge < -0.3 is 14.5 Å². The molecular weight excluding hydrogens is 456 g/mol. The van der Waals surface area contributed by atoms with E-state index in [0.29, 0.717) is 24.6 Å². The second-order valence-corrected chi connectivity index (χ2v) is 9.92. The molecule has 0 radical (unpaired) electrons. The van der Waals surface area contributed by atoms with Gasteiger partial charge in [0, 0.05) is 18.8 Å². The second kappa shape index (κ2) is 9.27. The molecule has 1 N–H and O–H groups in total. The maximum Gasteiger partial charge on any atom is 0.437 e. The van der Waals surface area contributed by atoms with Crippen molar-refractivity contribution in [2.24, 2.45) is 0 Å². The van der Waals surface area contributed by atoms with Crippen molar-refractivity contribution in [2.45, 2.75) is 31.2 Å². The normalized spacial score (nSPS) is 14.5. The van der Waals surface area contributed by atoms with Crippen LogP contribution in [0.5, 0.6) is 5.75 Å². The fourth-order valence-electron chi connectivity index (χ4n) is 3.37. The molecule has 1 fully saturated rings. The van der Waals surface area contributed by atoms with Gasteiger partial charge in [0.15, 0.2) is 0 Å². The quantitative estimate of drug-likeness (QED) is 0.527. The number of nitrogens with zero attached hydrogens (tertiary/aromatic N) is 3. The molecular formula is C20H22N4O6S2. The lowest BCUT2D eigenvalue weighted by molar-refractivity contribution is -0.117. The van der Waals surface area contributed by atoms with E-state index >= 15 is 0 Å². The summed E-state index contributed by atoms with van der Waals surface area (Å²) in [5.74, 6) is -0.942. The van der Waals surface area contributed by atoms with Crippen LogP contribution in [-0.4, -0.2) is 48.1 Å². The van der Waals surface area contributed by atoms with E-state index in [1.54, 1.807) is 25.1 Å². The number of anilines is 1. The molecule has 0 unspecified atom stereocenters. The van der Waals surface area contributed by atoms with Crippen LogP contribution in [0.2, 0.25) is 0 Å². The summed E-state index contributed by atoms with van der Waals surface area (Å²) in [7, 11) is -3.76. The molecule has 2 aromatic heterocycles. The van der Waals surface area contributed by atoms with Crippen LogP contribution in [0.4, 0.5) is 5.69 Å². The van der Waals surface area contributed by atoms with E-state index < -0.39 is 21.7 Å². The van der Waals surface area contributed by atoms with E-state index in [4.69, 9.17) is 9.15 Å². The first-order chi connectivity index (χ1) is 15.4. The highest BCUT2D eigenvalue weighted by molar-refractivity contribution is 7.89. The fourth-order valence-corrected chi connectivity index (χ4v) is 5.69. The lowest BCUT2D eigenvalue weighted by atomic mass is 10.3. The van der Waals surface area contributed by atoms with Crippen LogP contribution in [0, 0.1) is 0 Å². The standard InChI is InChI=1S/C20H22N4O6S2/c1-2-29-15-8-7-14(12-17(15)32(27,28)23-9-3-4-10-23)21-18(25)13-24-20(26)30-19(22-24)16-6-5-11-31-16/h5-8,11-12H,2-4,9-10,13H2,1H3,(H,21,25). The maximum absolute atomic E-state index is 13.1. The summed E-state index contributed by atoms with van der Waals surface area (Å²) in [4.78, 5) is 25.2. The molecule has 4 rings (SSSR count). The molecule has 32 heavy (non-hydrogen) atoms. The van der Waals surface area contributed by atoms with Crippen molar-refractivity contribution in [3.8, 4) is 16.5 Å². The average molecular weight is 479 g/mol. The number of benzene rings is 1. The molecule has 1 aliphatic heterocycles. The zero-order chi connectivity index (χ0) is 22.7. The van der Waals surface area contributed by atoms with Gasteiger partial charge in [-0.25, -0.2) is 13.2 Å². The highest BCUT2D eigenvalue weighted by atomic mass is 32.2. The fraction of sp³-hybridized carbons (Fsp3) is 0.350. The number of rotatable bonds is 8. The lowest BCUT2D eigenvalue weighted by Gasteiger charge is -2.19. The van der Waals surface area contributed by atoms with E-state index in [1.807, 2.05) is 5.38 Å². The lowest BCUT2D eigenvalue weighted by Crippen LogP contribution is -2.29. The number of hydrogen-bond donors (Lipinski definition) is 1. The molecule has 1 saturated heterocycles. The van der Waals surface area contributed by atoms with Crippen molar-refractivity contribution in [3.63, 3.8) is 0 Å². The summed E-state index contributed by atoms with van der Waals surface area (Å²) in [6, 6.07) is 7.99. The predicted molar refractivity (Wildman–Crippen MR) is 118 cm³/mol. The summed E-state index contributed by atoms with van der Waals surface area (Å²) >= 11 is 1.36. The van der Waals surface area contributed by atoms with Crippen LogP contribution in [-0.2, 0) is 21.4 Å². The Morgan fingerprint density at radius 3 is 2.75 bits per heavy atom. The topological polar surface area (TPSA) is 124 Å². The van der Waals surface area contributed by atoms with Gasteiger partial charge in [-0.1, -0.05) is 6.07 Å². The monoisotopic (exact) mass is 478 g/mol. The number of amides is 1. The van der Waals surface area contributed by atoms with Crippen LogP contribution < -0.4 is 15.8 Å². The molecule has 170 valence electrons. The number of nitrogens with one attached hydrogen (secondary N) is 1. The Balaban J connectivity index is 1.54. The molecule has 1 amide bonds. The molecule has 12 heteroatoms. The molecule has 3 heterocycles. The Morgan fingerprint density at radius 1 is 1.28 bits per heavy atom. The van der Waals surface area contributed by atoms with Crippen LogP contribution in [0.25, 0.3) is 10.8 Å².